The summed E-state index contributed by atoms with van der Waals surface area (Å²) in [6, 6.07) is 5.47. The maximum atomic E-state index is 9.34. The molecule has 0 amide bonds. The van der Waals surface area contributed by atoms with Crippen LogP contribution in [0.2, 0.25) is 5.02 Å². The van der Waals surface area contributed by atoms with Crippen molar-refractivity contribution in [2.45, 2.75) is 31.0 Å². The molecule has 0 heterocycles. The van der Waals surface area contributed by atoms with Crippen molar-refractivity contribution in [3.8, 4) is 0 Å². The number of hydrogen-bond acceptors (Lipinski definition) is 3. The van der Waals surface area contributed by atoms with Crippen molar-refractivity contribution in [1.82, 2.24) is 0 Å². The number of rotatable bonds is 4. The number of thioether (sulfide) groups is 1. The zero-order valence-corrected chi connectivity index (χ0v) is 10.5. The van der Waals surface area contributed by atoms with Crippen molar-refractivity contribution in [2.24, 2.45) is 0 Å². The highest BCUT2D eigenvalue weighted by Gasteiger charge is 2.10. The molecule has 15 heavy (non-hydrogen) atoms. The second-order valence-corrected chi connectivity index (χ2v) is 5.38. The van der Waals surface area contributed by atoms with Gasteiger partial charge in [-0.3, -0.25) is 0 Å². The van der Waals surface area contributed by atoms with Crippen LogP contribution in [0.4, 0.5) is 5.69 Å². The molecule has 2 nitrogen and oxygen atoms in total. The SMILES string of the molecule is CC(O)C(C)SCc1cc(N)ccc1Cl. The van der Waals surface area contributed by atoms with Crippen molar-refractivity contribution < 1.29 is 5.11 Å². The first-order valence-corrected chi connectivity index (χ1v) is 6.27. The Labute approximate surface area is 99.8 Å². The molecule has 0 fully saturated rings. The van der Waals surface area contributed by atoms with E-state index >= 15 is 0 Å². The molecule has 1 aromatic rings. The predicted octanol–water partition coefficient (Wildman–Crippen LogP) is 2.92. The Bertz CT molecular complexity index is 330. The molecule has 2 unspecified atom stereocenters. The number of aliphatic hydroxyl groups excluding tert-OH is 1. The highest BCUT2D eigenvalue weighted by atomic mass is 35.5. The van der Waals surface area contributed by atoms with E-state index in [1.807, 2.05) is 13.0 Å². The quantitative estimate of drug-likeness (QED) is 0.802. The van der Waals surface area contributed by atoms with Crippen molar-refractivity contribution >= 4 is 29.1 Å². The van der Waals surface area contributed by atoms with E-state index in [1.165, 1.54) is 0 Å². The van der Waals surface area contributed by atoms with Gasteiger partial charge in [-0.25, -0.2) is 0 Å². The van der Waals surface area contributed by atoms with Crippen molar-refractivity contribution in [1.29, 1.82) is 0 Å². The van der Waals surface area contributed by atoms with Crippen LogP contribution in [0.3, 0.4) is 0 Å². The standard InChI is InChI=1S/C11H16ClNOS/c1-7(14)8(2)15-6-9-5-10(13)3-4-11(9)12/h3-5,7-8,14H,6,13H2,1-2H3. The van der Waals surface area contributed by atoms with E-state index in [9.17, 15) is 5.11 Å². The highest BCUT2D eigenvalue weighted by molar-refractivity contribution is 7.99. The van der Waals surface area contributed by atoms with Crippen LogP contribution in [0.1, 0.15) is 19.4 Å². The molecule has 0 saturated heterocycles. The maximum Gasteiger partial charge on any atom is 0.0628 e. The number of aliphatic hydroxyl groups is 1. The Morgan fingerprint density at radius 3 is 2.73 bits per heavy atom. The van der Waals surface area contributed by atoms with E-state index in [0.29, 0.717) is 0 Å². The maximum absolute atomic E-state index is 9.34. The Hall–Kier alpha value is -0.380. The molecule has 3 N–H and O–H groups in total. The smallest absolute Gasteiger partial charge is 0.0628 e. The van der Waals surface area contributed by atoms with Crippen LogP contribution >= 0.6 is 23.4 Å². The van der Waals surface area contributed by atoms with Gasteiger partial charge in [0.1, 0.15) is 0 Å². The van der Waals surface area contributed by atoms with Crippen LogP contribution in [0.5, 0.6) is 0 Å². The van der Waals surface area contributed by atoms with Crippen molar-refractivity contribution in [3.05, 3.63) is 28.8 Å². The summed E-state index contributed by atoms with van der Waals surface area (Å²) in [4.78, 5) is 0. The van der Waals surface area contributed by atoms with Crippen LogP contribution in [-0.2, 0) is 5.75 Å². The molecular formula is C11H16ClNOS. The summed E-state index contributed by atoms with van der Waals surface area (Å²) in [5, 5.41) is 10.3. The molecule has 0 saturated carbocycles. The Balaban J connectivity index is 2.61. The summed E-state index contributed by atoms with van der Waals surface area (Å²) in [6.45, 7) is 3.79. The molecule has 0 aliphatic heterocycles. The first-order valence-electron chi connectivity index (χ1n) is 4.84. The van der Waals surface area contributed by atoms with E-state index in [2.05, 4.69) is 0 Å². The number of nitrogens with two attached hydrogens (primary N) is 1. The molecule has 0 radical (unpaired) electrons. The van der Waals surface area contributed by atoms with E-state index in [0.717, 1.165) is 22.0 Å². The monoisotopic (exact) mass is 245 g/mol. The Morgan fingerprint density at radius 1 is 1.47 bits per heavy atom. The summed E-state index contributed by atoms with van der Waals surface area (Å²) >= 11 is 7.70. The summed E-state index contributed by atoms with van der Waals surface area (Å²) in [5.74, 6) is 0.774. The lowest BCUT2D eigenvalue weighted by atomic mass is 10.2. The molecule has 2 atom stereocenters. The van der Waals surface area contributed by atoms with Gasteiger partial charge in [0.2, 0.25) is 0 Å². The van der Waals surface area contributed by atoms with Crippen molar-refractivity contribution in [3.63, 3.8) is 0 Å². The Morgan fingerprint density at radius 2 is 2.13 bits per heavy atom. The van der Waals surface area contributed by atoms with Crippen LogP contribution in [0.15, 0.2) is 18.2 Å². The normalized spacial score (nSPS) is 14.9. The number of benzene rings is 1. The van der Waals surface area contributed by atoms with E-state index in [1.54, 1.807) is 30.8 Å². The molecule has 0 aliphatic carbocycles. The lowest BCUT2D eigenvalue weighted by Crippen LogP contribution is -2.15. The minimum absolute atomic E-state index is 0.197. The zero-order valence-electron chi connectivity index (χ0n) is 8.90. The molecular weight excluding hydrogens is 230 g/mol. The molecule has 1 rings (SSSR count). The lowest BCUT2D eigenvalue weighted by molar-refractivity contribution is 0.196. The van der Waals surface area contributed by atoms with Gasteiger partial charge in [0.15, 0.2) is 0 Å². The molecule has 0 bridgehead atoms. The molecule has 0 aliphatic rings. The minimum Gasteiger partial charge on any atom is -0.399 e. The molecule has 84 valence electrons. The average molecular weight is 246 g/mol. The van der Waals surface area contributed by atoms with Gasteiger partial charge in [0.05, 0.1) is 6.10 Å². The predicted molar refractivity (Wildman–Crippen MR) is 68.3 cm³/mol. The fraction of sp³-hybridized carbons (Fsp3) is 0.455. The van der Waals surface area contributed by atoms with E-state index in [4.69, 9.17) is 17.3 Å². The molecule has 1 aromatic carbocycles. The molecule has 0 spiro atoms. The Kier molecular flexibility index (Phi) is 4.77. The van der Waals surface area contributed by atoms with E-state index < -0.39 is 0 Å². The largest absolute Gasteiger partial charge is 0.399 e. The van der Waals surface area contributed by atoms with Gasteiger partial charge in [0, 0.05) is 21.7 Å². The zero-order chi connectivity index (χ0) is 11.4. The molecule has 4 heteroatoms. The third kappa shape index (κ3) is 3.93. The highest BCUT2D eigenvalue weighted by Crippen LogP contribution is 2.26. The summed E-state index contributed by atoms with van der Waals surface area (Å²) in [5.41, 5.74) is 7.42. The number of nitrogen functional groups attached to an aromatic ring is 1. The van der Waals surface area contributed by atoms with Gasteiger partial charge in [-0.2, -0.15) is 11.8 Å². The topological polar surface area (TPSA) is 46.2 Å². The second-order valence-electron chi connectivity index (χ2n) is 3.61. The van der Waals surface area contributed by atoms with Gasteiger partial charge in [-0.15, -0.1) is 0 Å². The van der Waals surface area contributed by atoms with Crippen LogP contribution in [-0.4, -0.2) is 16.5 Å². The third-order valence-corrected chi connectivity index (χ3v) is 4.02. The van der Waals surface area contributed by atoms with Crippen LogP contribution in [0.25, 0.3) is 0 Å². The van der Waals surface area contributed by atoms with Crippen molar-refractivity contribution in [2.75, 3.05) is 5.73 Å². The number of hydrogen-bond donors (Lipinski definition) is 2. The van der Waals surface area contributed by atoms with Crippen LogP contribution in [0, 0.1) is 0 Å². The van der Waals surface area contributed by atoms with Gasteiger partial charge in [-0.05, 0) is 30.7 Å². The average Bonchev–Trinajstić information content (AvgIpc) is 2.18. The number of anilines is 1. The van der Waals surface area contributed by atoms with Gasteiger partial charge >= 0.3 is 0 Å². The summed E-state index contributed by atoms with van der Waals surface area (Å²) < 4.78 is 0. The fourth-order valence-electron chi connectivity index (χ4n) is 1.07. The third-order valence-electron chi connectivity index (χ3n) is 2.25. The summed E-state index contributed by atoms with van der Waals surface area (Å²) in [7, 11) is 0. The fourth-order valence-corrected chi connectivity index (χ4v) is 2.29. The first-order chi connectivity index (χ1) is 7.00. The summed E-state index contributed by atoms with van der Waals surface area (Å²) in [6.07, 6.45) is -0.310. The van der Waals surface area contributed by atoms with Crippen LogP contribution < -0.4 is 5.73 Å². The number of halogens is 1. The molecule has 0 aromatic heterocycles. The van der Waals surface area contributed by atoms with Gasteiger partial charge < -0.3 is 10.8 Å². The lowest BCUT2D eigenvalue weighted by Gasteiger charge is -2.14. The second kappa shape index (κ2) is 5.64. The van der Waals surface area contributed by atoms with Gasteiger partial charge in [0.25, 0.3) is 0 Å². The van der Waals surface area contributed by atoms with E-state index in [-0.39, 0.29) is 11.4 Å². The first kappa shape index (κ1) is 12.7. The minimum atomic E-state index is -0.310. The van der Waals surface area contributed by atoms with Gasteiger partial charge in [-0.1, -0.05) is 18.5 Å².